The Kier molecular flexibility index (Phi) is 3.34. The molecule has 0 fully saturated rings. The number of amides is 1. The van der Waals surface area contributed by atoms with Crippen molar-refractivity contribution in [3.8, 4) is 0 Å². The van der Waals surface area contributed by atoms with Crippen molar-refractivity contribution in [3.63, 3.8) is 0 Å². The van der Waals surface area contributed by atoms with Gasteiger partial charge in [0.25, 0.3) is 5.91 Å². The second-order valence-corrected chi connectivity index (χ2v) is 5.68. The van der Waals surface area contributed by atoms with Gasteiger partial charge in [-0.2, -0.15) is 0 Å². The van der Waals surface area contributed by atoms with E-state index in [1.807, 2.05) is 5.38 Å². The number of thiophene rings is 1. The van der Waals surface area contributed by atoms with Gasteiger partial charge in [0.2, 0.25) is 0 Å². The number of rotatable bonds is 2. The van der Waals surface area contributed by atoms with Crippen molar-refractivity contribution in [1.29, 1.82) is 0 Å². The number of aryl methyl sites for hydroxylation is 1. The average Bonchev–Trinajstić information content (AvgIpc) is 2.85. The van der Waals surface area contributed by atoms with Gasteiger partial charge in [0.05, 0.1) is 5.56 Å². The second-order valence-electron chi connectivity index (χ2n) is 4.72. The number of carbonyl (C=O) groups is 1. The van der Waals surface area contributed by atoms with Crippen LogP contribution in [0.3, 0.4) is 0 Å². The molecule has 1 N–H and O–H groups in total. The SMILES string of the molecule is O=C(Nc1ccc(F)cc1)c1csc2c1CCCC2. The molecule has 1 aromatic heterocycles. The quantitative estimate of drug-likeness (QED) is 0.881. The minimum atomic E-state index is -0.300. The number of hydrogen-bond acceptors (Lipinski definition) is 2. The molecule has 1 aliphatic carbocycles. The smallest absolute Gasteiger partial charge is 0.256 e. The summed E-state index contributed by atoms with van der Waals surface area (Å²) < 4.78 is 12.8. The number of halogens is 1. The second kappa shape index (κ2) is 5.13. The molecule has 98 valence electrons. The van der Waals surface area contributed by atoms with E-state index in [1.165, 1.54) is 29.0 Å². The summed E-state index contributed by atoms with van der Waals surface area (Å²) in [5.41, 5.74) is 2.61. The van der Waals surface area contributed by atoms with Gasteiger partial charge in [-0.1, -0.05) is 0 Å². The molecule has 1 heterocycles. The van der Waals surface area contributed by atoms with Crippen LogP contribution in [-0.4, -0.2) is 5.91 Å². The van der Waals surface area contributed by atoms with Gasteiger partial charge in [-0.15, -0.1) is 11.3 Å². The molecule has 0 saturated carbocycles. The summed E-state index contributed by atoms with van der Waals surface area (Å²) in [5.74, 6) is -0.392. The van der Waals surface area contributed by atoms with Gasteiger partial charge in [0, 0.05) is 15.9 Å². The van der Waals surface area contributed by atoms with Crippen molar-refractivity contribution >= 4 is 22.9 Å². The fourth-order valence-electron chi connectivity index (χ4n) is 2.42. The third-order valence-electron chi connectivity index (χ3n) is 3.41. The number of hydrogen-bond donors (Lipinski definition) is 1. The van der Waals surface area contributed by atoms with Gasteiger partial charge >= 0.3 is 0 Å². The summed E-state index contributed by atoms with van der Waals surface area (Å²) in [4.78, 5) is 13.6. The van der Waals surface area contributed by atoms with Gasteiger partial charge in [-0.3, -0.25) is 4.79 Å². The van der Waals surface area contributed by atoms with Crippen molar-refractivity contribution in [2.24, 2.45) is 0 Å². The summed E-state index contributed by atoms with van der Waals surface area (Å²) >= 11 is 1.67. The van der Waals surface area contributed by atoms with Gasteiger partial charge in [-0.05, 0) is 55.5 Å². The van der Waals surface area contributed by atoms with Gasteiger partial charge < -0.3 is 5.32 Å². The lowest BCUT2D eigenvalue weighted by molar-refractivity contribution is 0.102. The zero-order chi connectivity index (χ0) is 13.2. The van der Waals surface area contributed by atoms with Crippen LogP contribution in [0.4, 0.5) is 10.1 Å². The van der Waals surface area contributed by atoms with Crippen molar-refractivity contribution < 1.29 is 9.18 Å². The molecule has 0 bridgehead atoms. The van der Waals surface area contributed by atoms with Gasteiger partial charge in [0.1, 0.15) is 5.82 Å². The van der Waals surface area contributed by atoms with Crippen LogP contribution in [-0.2, 0) is 12.8 Å². The maximum atomic E-state index is 12.8. The maximum absolute atomic E-state index is 12.8. The van der Waals surface area contributed by atoms with Gasteiger partial charge in [-0.25, -0.2) is 4.39 Å². The highest BCUT2D eigenvalue weighted by Crippen LogP contribution is 2.30. The monoisotopic (exact) mass is 275 g/mol. The van der Waals surface area contributed by atoms with Crippen LogP contribution in [0.15, 0.2) is 29.6 Å². The van der Waals surface area contributed by atoms with E-state index in [1.54, 1.807) is 23.5 Å². The Morgan fingerprint density at radius 1 is 1.16 bits per heavy atom. The van der Waals surface area contributed by atoms with Crippen molar-refractivity contribution in [2.45, 2.75) is 25.7 Å². The van der Waals surface area contributed by atoms with E-state index >= 15 is 0 Å². The molecule has 19 heavy (non-hydrogen) atoms. The molecule has 4 heteroatoms. The Morgan fingerprint density at radius 3 is 2.68 bits per heavy atom. The summed E-state index contributed by atoms with van der Waals surface area (Å²) in [5, 5.41) is 4.76. The van der Waals surface area contributed by atoms with E-state index in [9.17, 15) is 9.18 Å². The number of carbonyl (C=O) groups excluding carboxylic acids is 1. The van der Waals surface area contributed by atoms with Crippen LogP contribution in [0.2, 0.25) is 0 Å². The van der Waals surface area contributed by atoms with Crippen LogP contribution in [0, 0.1) is 5.82 Å². The molecule has 1 amide bonds. The molecule has 1 aromatic carbocycles. The molecule has 3 rings (SSSR count). The number of benzene rings is 1. The van der Waals surface area contributed by atoms with Crippen molar-refractivity contribution in [1.82, 2.24) is 0 Å². The summed E-state index contributed by atoms with van der Waals surface area (Å²) in [6.07, 6.45) is 4.45. The maximum Gasteiger partial charge on any atom is 0.256 e. The molecule has 0 radical (unpaired) electrons. The molecule has 0 saturated heterocycles. The zero-order valence-electron chi connectivity index (χ0n) is 10.4. The topological polar surface area (TPSA) is 29.1 Å². The van der Waals surface area contributed by atoms with E-state index in [0.717, 1.165) is 24.8 Å². The highest BCUT2D eigenvalue weighted by molar-refractivity contribution is 7.10. The zero-order valence-corrected chi connectivity index (χ0v) is 11.2. The fourth-order valence-corrected chi connectivity index (χ4v) is 3.54. The molecule has 2 nitrogen and oxygen atoms in total. The lowest BCUT2D eigenvalue weighted by Gasteiger charge is -2.12. The van der Waals surface area contributed by atoms with Crippen LogP contribution in [0.25, 0.3) is 0 Å². The highest BCUT2D eigenvalue weighted by atomic mass is 32.1. The molecule has 0 unspecified atom stereocenters. The molecule has 2 aromatic rings. The predicted octanol–water partition coefficient (Wildman–Crippen LogP) is 4.02. The Labute approximate surface area is 115 Å². The molecular weight excluding hydrogens is 261 g/mol. The lowest BCUT2D eigenvalue weighted by atomic mass is 9.95. The van der Waals surface area contributed by atoms with Crippen molar-refractivity contribution in [3.05, 3.63) is 51.5 Å². The summed E-state index contributed by atoms with van der Waals surface area (Å²) in [7, 11) is 0. The standard InChI is InChI=1S/C15H14FNOS/c16-10-5-7-11(8-6-10)17-15(18)13-9-19-14-4-2-1-3-12(13)14/h5-9H,1-4H2,(H,17,18). The molecular formula is C15H14FNOS. The predicted molar refractivity (Wildman–Crippen MR) is 75.3 cm³/mol. The average molecular weight is 275 g/mol. The first-order valence-corrected chi connectivity index (χ1v) is 7.28. The Bertz CT molecular complexity index is 603. The lowest BCUT2D eigenvalue weighted by Crippen LogP contribution is -2.14. The number of anilines is 1. The largest absolute Gasteiger partial charge is 0.322 e. The Balaban J connectivity index is 1.80. The van der Waals surface area contributed by atoms with Crippen LogP contribution in [0.5, 0.6) is 0 Å². The first-order chi connectivity index (χ1) is 9.24. The minimum absolute atomic E-state index is 0.0917. The van der Waals surface area contributed by atoms with Crippen LogP contribution >= 0.6 is 11.3 Å². The van der Waals surface area contributed by atoms with E-state index in [2.05, 4.69) is 5.32 Å². The van der Waals surface area contributed by atoms with E-state index in [0.29, 0.717) is 5.69 Å². The molecule has 1 aliphatic rings. The van der Waals surface area contributed by atoms with E-state index in [4.69, 9.17) is 0 Å². The summed E-state index contributed by atoms with van der Waals surface area (Å²) in [6, 6.07) is 5.84. The highest BCUT2D eigenvalue weighted by Gasteiger charge is 2.20. The molecule has 0 spiro atoms. The minimum Gasteiger partial charge on any atom is -0.322 e. The third kappa shape index (κ3) is 2.54. The fraction of sp³-hybridized carbons (Fsp3) is 0.267. The molecule has 0 atom stereocenters. The first-order valence-electron chi connectivity index (χ1n) is 6.40. The number of nitrogens with one attached hydrogen (secondary N) is 1. The van der Waals surface area contributed by atoms with E-state index in [-0.39, 0.29) is 11.7 Å². The van der Waals surface area contributed by atoms with Gasteiger partial charge in [0.15, 0.2) is 0 Å². The summed E-state index contributed by atoms with van der Waals surface area (Å²) in [6.45, 7) is 0. The molecule has 0 aliphatic heterocycles. The Hall–Kier alpha value is -1.68. The first kappa shape index (κ1) is 12.4. The number of fused-ring (bicyclic) bond motifs is 1. The van der Waals surface area contributed by atoms with E-state index < -0.39 is 0 Å². The van der Waals surface area contributed by atoms with Crippen molar-refractivity contribution in [2.75, 3.05) is 5.32 Å². The normalized spacial score (nSPS) is 13.9. The van der Waals surface area contributed by atoms with Crippen LogP contribution < -0.4 is 5.32 Å². The Morgan fingerprint density at radius 2 is 1.89 bits per heavy atom. The van der Waals surface area contributed by atoms with Crippen LogP contribution in [0.1, 0.15) is 33.6 Å². The third-order valence-corrected chi connectivity index (χ3v) is 4.50.